The van der Waals surface area contributed by atoms with Crippen molar-refractivity contribution < 1.29 is 9.21 Å². The largest absolute Gasteiger partial charge is 0.461 e. The molecule has 0 amide bonds. The fourth-order valence-corrected chi connectivity index (χ4v) is 1.89. The number of ketones is 1. The minimum absolute atomic E-state index is 0.0504. The smallest absolute Gasteiger partial charge is 0.211 e. The molecule has 1 aliphatic rings. The maximum absolute atomic E-state index is 11.7. The second-order valence-corrected chi connectivity index (χ2v) is 3.96. The average Bonchev–Trinajstić information content (AvgIpc) is 2.91. The summed E-state index contributed by atoms with van der Waals surface area (Å²) in [5, 5.41) is 3.28. The van der Waals surface area contributed by atoms with Gasteiger partial charge in [0.15, 0.2) is 5.76 Å². The molecule has 0 unspecified atom stereocenters. The molecule has 2 rings (SSSR count). The summed E-state index contributed by atoms with van der Waals surface area (Å²) in [7, 11) is 1.98. The summed E-state index contributed by atoms with van der Waals surface area (Å²) >= 11 is 0. The van der Waals surface area contributed by atoms with Gasteiger partial charge in [0, 0.05) is 12.6 Å². The zero-order chi connectivity index (χ0) is 10.7. The predicted octanol–water partition coefficient (Wildman–Crippen LogP) is 0.756. The molecular formula is C11H16N2O2. The Bertz CT molecular complexity index is 315. The molecule has 0 saturated carbocycles. The minimum Gasteiger partial charge on any atom is -0.461 e. The normalized spacial score (nSPS) is 21.1. The summed E-state index contributed by atoms with van der Waals surface area (Å²) in [6, 6.07) is 3.93. The van der Waals surface area contributed by atoms with Gasteiger partial charge in [0.05, 0.1) is 12.8 Å². The van der Waals surface area contributed by atoms with E-state index in [4.69, 9.17) is 4.42 Å². The van der Waals surface area contributed by atoms with E-state index in [1.807, 2.05) is 7.05 Å². The van der Waals surface area contributed by atoms with Gasteiger partial charge in [-0.2, -0.15) is 0 Å². The number of carbonyl (C=O) groups excluding carboxylic acids is 1. The summed E-state index contributed by atoms with van der Waals surface area (Å²) in [5.74, 6) is 0.502. The molecule has 0 aromatic carbocycles. The first-order valence-electron chi connectivity index (χ1n) is 5.25. The molecule has 0 radical (unpaired) electrons. The van der Waals surface area contributed by atoms with Crippen LogP contribution in [0.4, 0.5) is 0 Å². The van der Waals surface area contributed by atoms with Crippen LogP contribution in [0, 0.1) is 0 Å². The Morgan fingerprint density at radius 2 is 2.60 bits per heavy atom. The highest BCUT2D eigenvalue weighted by atomic mass is 16.3. The lowest BCUT2D eigenvalue weighted by atomic mass is 10.2. The zero-order valence-corrected chi connectivity index (χ0v) is 8.90. The van der Waals surface area contributed by atoms with Crippen molar-refractivity contribution in [3.63, 3.8) is 0 Å². The van der Waals surface area contributed by atoms with Gasteiger partial charge in [0.25, 0.3) is 0 Å². The highest BCUT2D eigenvalue weighted by Crippen LogP contribution is 2.08. The topological polar surface area (TPSA) is 45.5 Å². The van der Waals surface area contributed by atoms with E-state index in [0.717, 1.165) is 19.5 Å². The molecule has 0 aliphatic carbocycles. The quantitative estimate of drug-likeness (QED) is 0.742. The van der Waals surface area contributed by atoms with Gasteiger partial charge >= 0.3 is 0 Å². The Hall–Kier alpha value is -1.13. The van der Waals surface area contributed by atoms with Crippen LogP contribution < -0.4 is 5.32 Å². The van der Waals surface area contributed by atoms with Crippen molar-refractivity contribution in [3.05, 3.63) is 24.2 Å². The van der Waals surface area contributed by atoms with Crippen LogP contribution in [0.15, 0.2) is 22.8 Å². The first-order valence-corrected chi connectivity index (χ1v) is 5.25. The molecule has 1 saturated heterocycles. The maximum atomic E-state index is 11.7. The van der Waals surface area contributed by atoms with Crippen LogP contribution in [0.25, 0.3) is 0 Å². The summed E-state index contributed by atoms with van der Waals surface area (Å²) in [4.78, 5) is 13.8. The van der Waals surface area contributed by atoms with Crippen LogP contribution in [0.5, 0.6) is 0 Å². The van der Waals surface area contributed by atoms with Crippen LogP contribution in [-0.4, -0.2) is 43.4 Å². The summed E-state index contributed by atoms with van der Waals surface area (Å²) < 4.78 is 5.07. The van der Waals surface area contributed by atoms with Crippen LogP contribution in [0.1, 0.15) is 17.0 Å². The molecule has 2 heterocycles. The van der Waals surface area contributed by atoms with Gasteiger partial charge in [-0.05, 0) is 32.1 Å². The van der Waals surface area contributed by atoms with Gasteiger partial charge in [-0.25, -0.2) is 0 Å². The van der Waals surface area contributed by atoms with Gasteiger partial charge in [-0.15, -0.1) is 0 Å². The second kappa shape index (κ2) is 4.59. The van der Waals surface area contributed by atoms with E-state index in [0.29, 0.717) is 18.3 Å². The monoisotopic (exact) mass is 208 g/mol. The van der Waals surface area contributed by atoms with Gasteiger partial charge in [0.1, 0.15) is 0 Å². The van der Waals surface area contributed by atoms with E-state index < -0.39 is 0 Å². The number of nitrogens with zero attached hydrogens (tertiary/aromatic N) is 1. The van der Waals surface area contributed by atoms with E-state index in [-0.39, 0.29) is 5.78 Å². The van der Waals surface area contributed by atoms with Crippen molar-refractivity contribution >= 4 is 5.78 Å². The van der Waals surface area contributed by atoms with Crippen molar-refractivity contribution in [2.24, 2.45) is 0 Å². The molecule has 4 heteroatoms. The number of hydrogen-bond donors (Lipinski definition) is 1. The first kappa shape index (κ1) is 10.4. The lowest BCUT2D eigenvalue weighted by Gasteiger charge is -2.21. The molecule has 1 fully saturated rings. The molecule has 4 nitrogen and oxygen atoms in total. The fourth-order valence-electron chi connectivity index (χ4n) is 1.89. The maximum Gasteiger partial charge on any atom is 0.211 e. The molecule has 1 N–H and O–H groups in total. The minimum atomic E-state index is 0.0504. The van der Waals surface area contributed by atoms with Crippen LogP contribution in [-0.2, 0) is 0 Å². The van der Waals surface area contributed by atoms with Crippen LogP contribution in [0.2, 0.25) is 0 Å². The molecule has 1 atom stereocenters. The zero-order valence-electron chi connectivity index (χ0n) is 8.90. The third-order valence-electron chi connectivity index (χ3n) is 2.85. The van der Waals surface area contributed by atoms with E-state index >= 15 is 0 Å². The molecule has 15 heavy (non-hydrogen) atoms. The molecule has 1 aromatic rings. The second-order valence-electron chi connectivity index (χ2n) is 3.96. The highest BCUT2D eigenvalue weighted by molar-refractivity contribution is 5.94. The van der Waals surface area contributed by atoms with Gasteiger partial charge in [-0.1, -0.05) is 0 Å². The van der Waals surface area contributed by atoms with Crippen LogP contribution >= 0.6 is 0 Å². The Morgan fingerprint density at radius 3 is 3.20 bits per heavy atom. The molecule has 82 valence electrons. The number of likely N-dealkylation sites (N-methyl/N-ethyl adjacent to an activating group) is 1. The standard InChI is InChI=1S/C11H16N2O2/c1-13(9-4-5-12-7-9)8-10(14)11-3-2-6-15-11/h2-3,6,9,12H,4-5,7-8H2,1H3/t9-/m1/s1. The Balaban J connectivity index is 1.88. The van der Waals surface area contributed by atoms with Gasteiger partial charge < -0.3 is 9.73 Å². The van der Waals surface area contributed by atoms with Crippen molar-refractivity contribution in [2.45, 2.75) is 12.5 Å². The lowest BCUT2D eigenvalue weighted by molar-refractivity contribution is 0.0897. The van der Waals surface area contributed by atoms with E-state index in [9.17, 15) is 4.79 Å². The summed E-state index contributed by atoms with van der Waals surface area (Å²) in [6.07, 6.45) is 2.65. The summed E-state index contributed by atoms with van der Waals surface area (Å²) in [6.45, 7) is 2.45. The van der Waals surface area contributed by atoms with E-state index in [1.54, 1.807) is 12.1 Å². The SMILES string of the molecule is CN(CC(=O)c1ccco1)[C@@H]1CCNC1. The molecule has 1 aliphatic heterocycles. The molecule has 0 bridgehead atoms. The van der Waals surface area contributed by atoms with Crippen molar-refractivity contribution in [1.82, 2.24) is 10.2 Å². The number of rotatable bonds is 4. The number of Topliss-reactive ketones (excluding diaryl/α,β-unsaturated/α-hetero) is 1. The number of hydrogen-bond acceptors (Lipinski definition) is 4. The van der Waals surface area contributed by atoms with Gasteiger partial charge in [-0.3, -0.25) is 9.69 Å². The number of furan rings is 1. The highest BCUT2D eigenvalue weighted by Gasteiger charge is 2.21. The van der Waals surface area contributed by atoms with Gasteiger partial charge in [0.2, 0.25) is 5.78 Å². The van der Waals surface area contributed by atoms with E-state index in [1.165, 1.54) is 6.26 Å². The van der Waals surface area contributed by atoms with Crippen molar-refractivity contribution in [2.75, 3.05) is 26.7 Å². The third-order valence-corrected chi connectivity index (χ3v) is 2.85. The van der Waals surface area contributed by atoms with Crippen molar-refractivity contribution in [1.29, 1.82) is 0 Å². The fraction of sp³-hybridized carbons (Fsp3) is 0.545. The average molecular weight is 208 g/mol. The number of carbonyl (C=O) groups is 1. The van der Waals surface area contributed by atoms with Crippen molar-refractivity contribution in [3.8, 4) is 0 Å². The first-order chi connectivity index (χ1) is 7.27. The summed E-state index contributed by atoms with van der Waals surface area (Å²) in [5.41, 5.74) is 0. The Kier molecular flexibility index (Phi) is 3.18. The molecule has 1 aromatic heterocycles. The van der Waals surface area contributed by atoms with Crippen LogP contribution in [0.3, 0.4) is 0 Å². The predicted molar refractivity (Wildman–Crippen MR) is 56.9 cm³/mol. The Morgan fingerprint density at radius 1 is 1.73 bits per heavy atom. The lowest BCUT2D eigenvalue weighted by Crippen LogP contribution is -2.37. The van der Waals surface area contributed by atoms with E-state index in [2.05, 4.69) is 10.2 Å². The molecule has 0 spiro atoms. The Labute approximate surface area is 89.2 Å². The molecular weight excluding hydrogens is 192 g/mol. The third kappa shape index (κ3) is 2.46. The number of nitrogens with one attached hydrogen (secondary N) is 1.